The van der Waals surface area contributed by atoms with Crippen molar-refractivity contribution in [1.29, 1.82) is 0 Å². The summed E-state index contributed by atoms with van der Waals surface area (Å²) in [4.78, 5) is 22.6. The molecule has 0 saturated heterocycles. The molecule has 0 aliphatic heterocycles. The van der Waals surface area contributed by atoms with E-state index in [2.05, 4.69) is 0 Å². The van der Waals surface area contributed by atoms with Crippen LogP contribution in [0.4, 0.5) is 0 Å². The molecule has 6 nitrogen and oxygen atoms in total. The number of ether oxygens (including phenoxy) is 3. The van der Waals surface area contributed by atoms with E-state index in [-0.39, 0.29) is 5.12 Å². The Labute approximate surface area is 150 Å². The number of benzene rings is 1. The largest absolute Gasteiger partial charge is 0.490 e. The first-order valence-electron chi connectivity index (χ1n) is 8.17. The van der Waals surface area contributed by atoms with Crippen LogP contribution in [0, 0.1) is 0 Å². The molecule has 0 atom stereocenters. The minimum Gasteiger partial charge on any atom is -0.490 e. The molecule has 0 fully saturated rings. The van der Waals surface area contributed by atoms with E-state index in [0.717, 1.165) is 5.39 Å². The topological polar surface area (TPSA) is 75.0 Å². The van der Waals surface area contributed by atoms with Gasteiger partial charge in [0.25, 0.3) is 0 Å². The lowest BCUT2D eigenvalue weighted by Crippen LogP contribution is -2.12. The van der Waals surface area contributed by atoms with Gasteiger partial charge in [-0.3, -0.25) is 4.79 Å². The van der Waals surface area contributed by atoms with Crippen LogP contribution in [0.2, 0.25) is 0 Å². The van der Waals surface area contributed by atoms with Gasteiger partial charge in [0.05, 0.1) is 37.9 Å². The highest BCUT2D eigenvalue weighted by atomic mass is 32.2. The second-order valence-corrected chi connectivity index (χ2v) is 6.23. The zero-order chi connectivity index (χ0) is 17.9. The third-order valence-corrected chi connectivity index (χ3v) is 4.23. The molecule has 0 aliphatic rings. The Bertz CT molecular complexity index is 727. The number of hydrogen-bond donors (Lipinski definition) is 0. The van der Waals surface area contributed by atoms with Crippen molar-refractivity contribution in [2.45, 2.75) is 13.3 Å². The van der Waals surface area contributed by atoms with Crippen molar-refractivity contribution in [3.8, 4) is 5.75 Å². The molecule has 2 rings (SSSR count). The molecule has 0 amide bonds. The minimum atomic E-state index is -0.442. The second-order valence-electron chi connectivity index (χ2n) is 5.07. The Hall–Kier alpha value is -1.83. The van der Waals surface area contributed by atoms with Crippen molar-refractivity contribution in [3.05, 3.63) is 40.8 Å². The first kappa shape index (κ1) is 19.5. The van der Waals surface area contributed by atoms with Crippen LogP contribution in [-0.2, 0) is 14.3 Å². The van der Waals surface area contributed by atoms with E-state index in [0.29, 0.717) is 56.5 Å². The van der Waals surface area contributed by atoms with Crippen molar-refractivity contribution in [2.75, 3.05) is 38.8 Å². The smallest absolute Gasteiger partial charge is 0.339 e. The summed E-state index contributed by atoms with van der Waals surface area (Å²) < 4.78 is 21.5. The first-order chi connectivity index (χ1) is 12.2. The van der Waals surface area contributed by atoms with Crippen LogP contribution in [0.25, 0.3) is 11.0 Å². The van der Waals surface area contributed by atoms with E-state index < -0.39 is 5.63 Å². The molecule has 0 N–H and O–H groups in total. The molecule has 1 aromatic heterocycles. The van der Waals surface area contributed by atoms with Gasteiger partial charge in [-0.15, -0.1) is 0 Å². The van der Waals surface area contributed by atoms with E-state index in [4.69, 9.17) is 18.6 Å². The lowest BCUT2D eigenvalue weighted by Gasteiger charge is -2.09. The predicted molar refractivity (Wildman–Crippen MR) is 97.4 cm³/mol. The lowest BCUT2D eigenvalue weighted by atomic mass is 10.2. The fraction of sp³-hybridized carbons (Fsp3) is 0.444. The summed E-state index contributed by atoms with van der Waals surface area (Å²) in [5.74, 6) is 1.16. The maximum Gasteiger partial charge on any atom is 0.339 e. The Balaban J connectivity index is 1.59. The zero-order valence-electron chi connectivity index (χ0n) is 14.2. The van der Waals surface area contributed by atoms with Gasteiger partial charge in [0.1, 0.15) is 17.9 Å². The summed E-state index contributed by atoms with van der Waals surface area (Å²) in [7, 11) is 0. The predicted octanol–water partition coefficient (Wildman–Crippen LogP) is 2.87. The summed E-state index contributed by atoms with van der Waals surface area (Å²) >= 11 is 1.29. The van der Waals surface area contributed by atoms with Gasteiger partial charge in [-0.25, -0.2) is 4.79 Å². The Morgan fingerprint density at radius 3 is 2.60 bits per heavy atom. The number of para-hydroxylation sites is 1. The summed E-state index contributed by atoms with van der Waals surface area (Å²) in [5, 5.41) is 0.934. The third kappa shape index (κ3) is 6.89. The maximum atomic E-state index is 11.5. The van der Waals surface area contributed by atoms with E-state index in [1.807, 2.05) is 19.1 Å². The second kappa shape index (κ2) is 10.9. The minimum absolute atomic E-state index is 0.180. The molecule has 7 heteroatoms. The standard InChI is InChI=1S/C18H22O6S/c1-2-18(20)25-12-11-22-8-7-21-9-10-23-16-13-17(19)24-15-6-4-3-5-14(15)16/h3-6,13H,2,7-12H2,1H3. The van der Waals surface area contributed by atoms with Crippen molar-refractivity contribution in [3.63, 3.8) is 0 Å². The molecule has 25 heavy (non-hydrogen) atoms. The average molecular weight is 366 g/mol. The zero-order valence-corrected chi connectivity index (χ0v) is 15.0. The first-order valence-corrected chi connectivity index (χ1v) is 9.16. The van der Waals surface area contributed by atoms with Crippen LogP contribution >= 0.6 is 11.8 Å². The van der Waals surface area contributed by atoms with Gasteiger partial charge >= 0.3 is 5.63 Å². The van der Waals surface area contributed by atoms with E-state index >= 15 is 0 Å². The molecule has 0 spiro atoms. The molecule has 1 heterocycles. The summed E-state index contributed by atoms with van der Waals surface area (Å²) in [5.41, 5.74) is 0.0567. The number of carbonyl (C=O) groups excluding carboxylic acids is 1. The van der Waals surface area contributed by atoms with E-state index in [1.54, 1.807) is 12.1 Å². The molecule has 0 saturated carbocycles. The normalized spacial score (nSPS) is 10.9. The molecule has 0 bridgehead atoms. The highest BCUT2D eigenvalue weighted by molar-refractivity contribution is 8.13. The number of thioether (sulfide) groups is 1. The number of fused-ring (bicyclic) bond motifs is 1. The molecule has 0 unspecified atom stereocenters. The van der Waals surface area contributed by atoms with Gasteiger partial charge in [-0.2, -0.15) is 0 Å². The third-order valence-electron chi connectivity index (χ3n) is 3.25. The Morgan fingerprint density at radius 1 is 1.08 bits per heavy atom. The molecule has 136 valence electrons. The van der Waals surface area contributed by atoms with Crippen LogP contribution in [0.1, 0.15) is 13.3 Å². The van der Waals surface area contributed by atoms with Crippen LogP contribution in [0.5, 0.6) is 5.75 Å². The van der Waals surface area contributed by atoms with Gasteiger partial charge in [0.2, 0.25) is 0 Å². The van der Waals surface area contributed by atoms with Crippen LogP contribution in [0.15, 0.2) is 39.5 Å². The lowest BCUT2D eigenvalue weighted by molar-refractivity contribution is -0.110. The van der Waals surface area contributed by atoms with Crippen molar-refractivity contribution in [2.24, 2.45) is 0 Å². The van der Waals surface area contributed by atoms with Crippen LogP contribution in [0.3, 0.4) is 0 Å². The number of rotatable bonds is 11. The van der Waals surface area contributed by atoms with Gasteiger partial charge in [-0.05, 0) is 12.1 Å². The molecule has 0 aliphatic carbocycles. The fourth-order valence-electron chi connectivity index (χ4n) is 2.05. The SMILES string of the molecule is CCC(=O)SCCOCCOCCOc1cc(=O)oc2ccccc12. The summed E-state index contributed by atoms with van der Waals surface area (Å²) in [6, 6.07) is 8.55. The van der Waals surface area contributed by atoms with Gasteiger partial charge in [0.15, 0.2) is 5.12 Å². The maximum absolute atomic E-state index is 11.5. The molecule has 0 radical (unpaired) electrons. The molecule has 2 aromatic rings. The highest BCUT2D eigenvalue weighted by Crippen LogP contribution is 2.22. The molecular formula is C18H22O6S. The van der Waals surface area contributed by atoms with Crippen molar-refractivity contribution in [1.82, 2.24) is 0 Å². The fourth-order valence-corrected chi connectivity index (χ4v) is 2.68. The Kier molecular flexibility index (Phi) is 8.51. The van der Waals surface area contributed by atoms with Crippen LogP contribution < -0.4 is 10.4 Å². The Morgan fingerprint density at radius 2 is 1.80 bits per heavy atom. The highest BCUT2D eigenvalue weighted by Gasteiger charge is 2.05. The quantitative estimate of drug-likeness (QED) is 0.447. The van der Waals surface area contributed by atoms with E-state index in [9.17, 15) is 9.59 Å². The molecular weight excluding hydrogens is 344 g/mol. The van der Waals surface area contributed by atoms with Gasteiger partial charge < -0.3 is 18.6 Å². The van der Waals surface area contributed by atoms with Crippen LogP contribution in [-0.4, -0.2) is 43.9 Å². The van der Waals surface area contributed by atoms with Crippen molar-refractivity contribution < 1.29 is 23.4 Å². The number of hydrogen-bond acceptors (Lipinski definition) is 7. The summed E-state index contributed by atoms with van der Waals surface area (Å²) in [6.07, 6.45) is 0.548. The number of carbonyl (C=O) groups is 1. The van der Waals surface area contributed by atoms with Crippen molar-refractivity contribution >= 4 is 27.8 Å². The van der Waals surface area contributed by atoms with Gasteiger partial charge in [0, 0.05) is 12.2 Å². The monoisotopic (exact) mass is 366 g/mol. The van der Waals surface area contributed by atoms with Gasteiger partial charge in [-0.1, -0.05) is 30.8 Å². The summed E-state index contributed by atoms with van der Waals surface area (Å²) in [6.45, 7) is 4.01. The molecule has 1 aromatic carbocycles. The average Bonchev–Trinajstić information content (AvgIpc) is 2.62. The van der Waals surface area contributed by atoms with E-state index in [1.165, 1.54) is 17.8 Å².